The first-order valence-corrected chi connectivity index (χ1v) is 14.3. The van der Waals surface area contributed by atoms with E-state index in [0.29, 0.717) is 0 Å². The molecular formula is C37H39N2+. The summed E-state index contributed by atoms with van der Waals surface area (Å²) in [6.45, 7) is 18.7. The molecule has 3 heterocycles. The van der Waals surface area contributed by atoms with Crippen LogP contribution in [-0.4, -0.2) is 4.40 Å². The topological polar surface area (TPSA) is 8.29 Å². The Morgan fingerprint density at radius 2 is 1.49 bits per heavy atom. The summed E-state index contributed by atoms with van der Waals surface area (Å²) in [4.78, 5) is 0. The molecule has 7 rings (SSSR count). The van der Waals surface area contributed by atoms with E-state index in [-0.39, 0.29) is 10.8 Å². The molecule has 196 valence electrons. The molecule has 0 amide bonds. The number of fused-ring (bicyclic) bond motifs is 7. The fourth-order valence-corrected chi connectivity index (χ4v) is 7.23. The normalized spacial score (nSPS) is 13.4. The highest BCUT2D eigenvalue weighted by Gasteiger charge is 2.30. The maximum atomic E-state index is 2.65. The van der Waals surface area contributed by atoms with Gasteiger partial charge in [-0.15, -0.1) is 0 Å². The van der Waals surface area contributed by atoms with Crippen LogP contribution in [0.4, 0.5) is 0 Å². The number of rotatable bonds is 1. The van der Waals surface area contributed by atoms with Gasteiger partial charge in [-0.2, -0.15) is 0 Å². The third kappa shape index (κ3) is 3.30. The molecule has 7 aromatic rings. The lowest BCUT2D eigenvalue weighted by atomic mass is 9.83. The van der Waals surface area contributed by atoms with Gasteiger partial charge in [0, 0.05) is 16.8 Å². The summed E-state index contributed by atoms with van der Waals surface area (Å²) in [7, 11) is 2.22. The first kappa shape index (κ1) is 24.4. The van der Waals surface area contributed by atoms with Gasteiger partial charge >= 0.3 is 0 Å². The van der Waals surface area contributed by atoms with Crippen LogP contribution < -0.4 is 4.57 Å². The average Bonchev–Trinajstić information content (AvgIpc) is 3.20. The van der Waals surface area contributed by atoms with Crippen molar-refractivity contribution in [3.8, 4) is 0 Å². The Morgan fingerprint density at radius 3 is 2.21 bits per heavy atom. The van der Waals surface area contributed by atoms with Gasteiger partial charge in [-0.3, -0.25) is 0 Å². The zero-order valence-electron chi connectivity index (χ0n) is 24.9. The molecule has 0 bridgehead atoms. The summed E-state index contributed by atoms with van der Waals surface area (Å²) >= 11 is 0. The summed E-state index contributed by atoms with van der Waals surface area (Å²) in [6.07, 6.45) is 3.26. The van der Waals surface area contributed by atoms with Gasteiger partial charge in [-0.1, -0.05) is 89.6 Å². The largest absolute Gasteiger partial charge is 0.307 e. The quantitative estimate of drug-likeness (QED) is 0.118. The van der Waals surface area contributed by atoms with Gasteiger partial charge in [-0.25, -0.2) is 4.57 Å². The maximum Gasteiger partial charge on any atom is 0.224 e. The van der Waals surface area contributed by atoms with Gasteiger partial charge in [0.05, 0.1) is 27.3 Å². The standard InChI is InChI=1S/C37H39N2/c1-21-13-15-24-26(19-21)22(2)30-34(27(24)20-36(3,4)5)39-29-12-10-11-28(37(6,7)8)32(29)25-16-14-23-17-18-38(9)35(30)31(23)33(25)39/h10-19H,20H2,1-9H3/q+1. The lowest BCUT2D eigenvalue weighted by Gasteiger charge is -2.24. The van der Waals surface area contributed by atoms with Crippen LogP contribution in [0.3, 0.4) is 0 Å². The summed E-state index contributed by atoms with van der Waals surface area (Å²) in [5.41, 5.74) is 11.2. The molecule has 0 atom stereocenters. The fourth-order valence-electron chi connectivity index (χ4n) is 7.23. The van der Waals surface area contributed by atoms with Crippen LogP contribution in [0.1, 0.15) is 63.8 Å². The molecule has 0 spiro atoms. The number of hydrogen-bond acceptors (Lipinski definition) is 0. The second-order valence-corrected chi connectivity index (χ2v) is 14.1. The van der Waals surface area contributed by atoms with E-state index in [0.717, 1.165) is 6.42 Å². The Bertz CT molecular complexity index is 2120. The Balaban J connectivity index is 1.93. The number of hydrogen-bond donors (Lipinski definition) is 0. The van der Waals surface area contributed by atoms with E-state index in [1.807, 2.05) is 0 Å². The van der Waals surface area contributed by atoms with Crippen molar-refractivity contribution in [3.05, 3.63) is 83.0 Å². The summed E-state index contributed by atoms with van der Waals surface area (Å²) in [5.74, 6) is 0. The van der Waals surface area contributed by atoms with Crippen LogP contribution >= 0.6 is 0 Å². The third-order valence-electron chi connectivity index (χ3n) is 8.83. The van der Waals surface area contributed by atoms with Gasteiger partial charge in [0.15, 0.2) is 6.20 Å². The Labute approximate surface area is 231 Å². The van der Waals surface area contributed by atoms with Gasteiger partial charge in [0.2, 0.25) is 5.52 Å². The van der Waals surface area contributed by atoms with Crippen LogP contribution in [0.5, 0.6) is 0 Å². The van der Waals surface area contributed by atoms with E-state index in [1.165, 1.54) is 82.0 Å². The minimum absolute atomic E-state index is 0.0414. The zero-order valence-corrected chi connectivity index (χ0v) is 24.9. The average molecular weight is 512 g/mol. The van der Waals surface area contributed by atoms with Crippen LogP contribution in [0, 0.1) is 19.3 Å². The molecule has 0 saturated heterocycles. The molecule has 0 saturated carbocycles. The number of pyridine rings is 2. The van der Waals surface area contributed by atoms with Crippen molar-refractivity contribution < 1.29 is 4.57 Å². The molecular weight excluding hydrogens is 472 g/mol. The van der Waals surface area contributed by atoms with Crippen molar-refractivity contribution in [3.63, 3.8) is 0 Å². The highest BCUT2D eigenvalue weighted by Crippen LogP contribution is 2.46. The van der Waals surface area contributed by atoms with E-state index in [2.05, 4.69) is 132 Å². The van der Waals surface area contributed by atoms with Crippen molar-refractivity contribution in [1.29, 1.82) is 0 Å². The highest BCUT2D eigenvalue weighted by molar-refractivity contribution is 6.29. The molecule has 0 aliphatic rings. The number of nitrogens with zero attached hydrogens (tertiary/aromatic N) is 2. The van der Waals surface area contributed by atoms with Crippen LogP contribution in [0.15, 0.2) is 60.8 Å². The van der Waals surface area contributed by atoms with Crippen molar-refractivity contribution in [2.75, 3.05) is 0 Å². The molecule has 3 aromatic heterocycles. The Kier molecular flexibility index (Phi) is 4.83. The van der Waals surface area contributed by atoms with E-state index in [4.69, 9.17) is 0 Å². The third-order valence-corrected chi connectivity index (χ3v) is 8.83. The monoisotopic (exact) mass is 511 g/mol. The molecule has 0 unspecified atom stereocenters. The summed E-state index contributed by atoms with van der Waals surface area (Å²) in [5, 5.41) is 9.61. The lowest BCUT2D eigenvalue weighted by Crippen LogP contribution is -2.29. The van der Waals surface area contributed by atoms with E-state index < -0.39 is 0 Å². The van der Waals surface area contributed by atoms with E-state index in [9.17, 15) is 0 Å². The predicted molar refractivity (Wildman–Crippen MR) is 169 cm³/mol. The van der Waals surface area contributed by atoms with Gasteiger partial charge in [0.1, 0.15) is 7.05 Å². The zero-order chi connectivity index (χ0) is 27.6. The second kappa shape index (κ2) is 7.72. The molecule has 0 fully saturated rings. The van der Waals surface area contributed by atoms with Crippen molar-refractivity contribution in [1.82, 2.24) is 4.40 Å². The number of benzene rings is 4. The Hall–Kier alpha value is -3.65. The fraction of sp³-hybridized carbons (Fsp3) is 0.324. The van der Waals surface area contributed by atoms with E-state index in [1.54, 1.807) is 0 Å². The van der Waals surface area contributed by atoms with Crippen molar-refractivity contribution in [2.45, 2.75) is 67.2 Å². The van der Waals surface area contributed by atoms with E-state index >= 15 is 0 Å². The van der Waals surface area contributed by atoms with Crippen LogP contribution in [0.25, 0.3) is 59.8 Å². The smallest absolute Gasteiger partial charge is 0.224 e. The molecule has 0 N–H and O–H groups in total. The van der Waals surface area contributed by atoms with Gasteiger partial charge in [0.25, 0.3) is 0 Å². The number of aryl methyl sites for hydroxylation is 3. The summed E-state index contributed by atoms with van der Waals surface area (Å²) in [6, 6.07) is 21.0. The molecule has 39 heavy (non-hydrogen) atoms. The highest BCUT2D eigenvalue weighted by atomic mass is 15.0. The molecule has 0 radical (unpaired) electrons. The van der Waals surface area contributed by atoms with Gasteiger partial charge < -0.3 is 4.40 Å². The Morgan fingerprint density at radius 1 is 0.744 bits per heavy atom. The molecule has 2 nitrogen and oxygen atoms in total. The van der Waals surface area contributed by atoms with Crippen LogP contribution in [-0.2, 0) is 18.9 Å². The molecule has 2 heteroatoms. The lowest BCUT2D eigenvalue weighted by molar-refractivity contribution is -0.643. The first-order valence-electron chi connectivity index (χ1n) is 14.3. The predicted octanol–water partition coefficient (Wildman–Crippen LogP) is 9.47. The van der Waals surface area contributed by atoms with Gasteiger partial charge in [-0.05, 0) is 70.0 Å². The minimum Gasteiger partial charge on any atom is -0.307 e. The number of aromatic nitrogens is 2. The molecule has 0 aliphatic heterocycles. The van der Waals surface area contributed by atoms with Crippen LogP contribution in [0.2, 0.25) is 0 Å². The van der Waals surface area contributed by atoms with Crippen molar-refractivity contribution in [2.24, 2.45) is 12.5 Å². The second-order valence-electron chi connectivity index (χ2n) is 14.1. The summed E-state index contributed by atoms with van der Waals surface area (Å²) < 4.78 is 5.01. The minimum atomic E-state index is 0.0414. The first-order chi connectivity index (χ1) is 18.4. The maximum absolute atomic E-state index is 2.65. The molecule has 4 aromatic carbocycles. The SMILES string of the molecule is Cc1ccc2c(CC(C)(C)C)c3c(c(C)c2c1)c1c2c(ccc4c5c(C(C)(C)C)cccc5n3c42)cc[n+]1C. The molecule has 0 aliphatic carbocycles. The van der Waals surface area contributed by atoms with Crippen molar-refractivity contribution >= 4 is 59.8 Å².